The van der Waals surface area contributed by atoms with Gasteiger partial charge in [0.2, 0.25) is 5.79 Å². The maximum atomic E-state index is 12.3. The lowest BCUT2D eigenvalue weighted by Gasteiger charge is -2.52. The van der Waals surface area contributed by atoms with Gasteiger partial charge in [0.05, 0.1) is 6.10 Å². The molecular weight excluding hydrogens is 336 g/mol. The summed E-state index contributed by atoms with van der Waals surface area (Å²) in [6, 6.07) is 0. The molecule has 0 radical (unpaired) electrons. The highest BCUT2D eigenvalue weighted by atomic mass is 16.7. The number of allylic oxidation sites excluding steroid dienone is 1. The molecule has 6 heteroatoms. The van der Waals surface area contributed by atoms with Crippen LogP contribution in [0.15, 0.2) is 22.8 Å². The third kappa shape index (κ3) is 2.06. The van der Waals surface area contributed by atoms with Crippen LogP contribution >= 0.6 is 0 Å². The smallest absolute Gasteiger partial charge is 0.336 e. The minimum absolute atomic E-state index is 0.0235. The molecular formula is C20H26O6. The number of ether oxygens (including phenoxy) is 3. The highest BCUT2D eigenvalue weighted by molar-refractivity contribution is 5.92. The summed E-state index contributed by atoms with van der Waals surface area (Å²) in [5.41, 5.74) is 0.836. The molecule has 1 N–H and O–H groups in total. The molecule has 4 rings (SSSR count). The molecule has 6 atom stereocenters. The molecule has 0 aromatic rings. The van der Waals surface area contributed by atoms with Crippen LogP contribution in [0.4, 0.5) is 0 Å². The van der Waals surface area contributed by atoms with E-state index in [-0.39, 0.29) is 35.9 Å². The van der Waals surface area contributed by atoms with Crippen LogP contribution < -0.4 is 0 Å². The number of rotatable bonds is 2. The molecule has 0 aromatic carbocycles. The van der Waals surface area contributed by atoms with Crippen LogP contribution in [0.2, 0.25) is 0 Å². The first-order valence-corrected chi connectivity index (χ1v) is 9.25. The SMILES string of the molecule is C/C=C(/C)C(=O)O[C@H]1C[C@H]2O[C@]23C[C@]2(O)OC(=O)C(C)=C2C[C@]3(C)[C@H]1C. The van der Waals surface area contributed by atoms with Crippen LogP contribution in [0.5, 0.6) is 0 Å². The van der Waals surface area contributed by atoms with E-state index in [1.165, 1.54) is 0 Å². The van der Waals surface area contributed by atoms with Crippen molar-refractivity contribution in [2.45, 2.75) is 77.5 Å². The fraction of sp³-hybridized carbons (Fsp3) is 0.700. The Bertz CT molecular complexity index is 766. The molecule has 0 bridgehead atoms. The molecule has 3 fully saturated rings. The molecule has 2 saturated carbocycles. The molecule has 2 heterocycles. The van der Waals surface area contributed by atoms with Crippen molar-refractivity contribution in [1.29, 1.82) is 0 Å². The lowest BCUT2D eigenvalue weighted by atomic mass is 9.52. The Hall–Kier alpha value is -1.66. The van der Waals surface area contributed by atoms with Gasteiger partial charge in [0.15, 0.2) is 0 Å². The van der Waals surface area contributed by atoms with Gasteiger partial charge in [0.25, 0.3) is 0 Å². The van der Waals surface area contributed by atoms with Gasteiger partial charge in [-0.2, -0.15) is 0 Å². The molecule has 1 saturated heterocycles. The van der Waals surface area contributed by atoms with Crippen molar-refractivity contribution < 1.29 is 28.9 Å². The van der Waals surface area contributed by atoms with Gasteiger partial charge in [-0.25, -0.2) is 9.59 Å². The van der Waals surface area contributed by atoms with Gasteiger partial charge in [-0.1, -0.05) is 19.9 Å². The average molecular weight is 362 g/mol. The van der Waals surface area contributed by atoms with E-state index in [2.05, 4.69) is 13.8 Å². The first-order chi connectivity index (χ1) is 12.1. The van der Waals surface area contributed by atoms with Crippen molar-refractivity contribution in [3.63, 3.8) is 0 Å². The van der Waals surface area contributed by atoms with E-state index >= 15 is 0 Å². The van der Waals surface area contributed by atoms with Crippen molar-refractivity contribution >= 4 is 11.9 Å². The van der Waals surface area contributed by atoms with Gasteiger partial charge in [0, 0.05) is 40.9 Å². The Morgan fingerprint density at radius 2 is 2.12 bits per heavy atom. The van der Waals surface area contributed by atoms with E-state index < -0.39 is 17.4 Å². The molecule has 0 aromatic heterocycles. The number of carbonyl (C=O) groups excluding carboxylic acids is 2. The molecule has 0 amide bonds. The average Bonchev–Trinajstić information content (AvgIpc) is 3.23. The van der Waals surface area contributed by atoms with Gasteiger partial charge in [0.1, 0.15) is 11.7 Å². The highest BCUT2D eigenvalue weighted by Crippen LogP contribution is 2.70. The highest BCUT2D eigenvalue weighted by Gasteiger charge is 2.78. The molecule has 0 unspecified atom stereocenters. The fourth-order valence-corrected chi connectivity index (χ4v) is 5.18. The number of epoxide rings is 1. The standard InChI is InChI=1S/C20H26O6/c1-6-10(2)16(21)24-14-7-15-19(25-15)9-20(23)13(11(3)17(22)26-20)8-18(19,5)12(14)4/h6,12,14-15,23H,7-9H2,1-5H3/b10-6-/t12-,14-,15+,18+,19+,20-/m0/s1. The van der Waals surface area contributed by atoms with Crippen LogP contribution in [-0.2, 0) is 23.8 Å². The molecule has 142 valence electrons. The van der Waals surface area contributed by atoms with E-state index in [1.807, 2.05) is 6.92 Å². The van der Waals surface area contributed by atoms with Crippen molar-refractivity contribution in [3.05, 3.63) is 22.8 Å². The quantitative estimate of drug-likeness (QED) is 0.461. The summed E-state index contributed by atoms with van der Waals surface area (Å²) in [4.78, 5) is 24.3. The second kappa shape index (κ2) is 5.20. The van der Waals surface area contributed by atoms with Crippen molar-refractivity contribution in [2.24, 2.45) is 11.3 Å². The second-order valence-electron chi connectivity index (χ2n) is 8.48. The Kier molecular flexibility index (Phi) is 3.55. The van der Waals surface area contributed by atoms with E-state index in [0.717, 1.165) is 0 Å². The minimum atomic E-state index is -1.56. The number of hydrogen-bond acceptors (Lipinski definition) is 6. The van der Waals surface area contributed by atoms with Gasteiger partial charge >= 0.3 is 11.9 Å². The van der Waals surface area contributed by atoms with Crippen molar-refractivity contribution in [1.82, 2.24) is 0 Å². The zero-order valence-electron chi connectivity index (χ0n) is 15.9. The topological polar surface area (TPSA) is 85.4 Å². The summed E-state index contributed by atoms with van der Waals surface area (Å²) < 4.78 is 17.2. The van der Waals surface area contributed by atoms with Gasteiger partial charge in [-0.3, -0.25) is 0 Å². The van der Waals surface area contributed by atoms with Crippen molar-refractivity contribution in [3.8, 4) is 0 Å². The number of fused-ring (bicyclic) bond motifs is 1. The molecule has 6 nitrogen and oxygen atoms in total. The normalized spacial score (nSPS) is 46.9. The molecule has 2 aliphatic carbocycles. The van der Waals surface area contributed by atoms with Gasteiger partial charge in [-0.15, -0.1) is 0 Å². The first-order valence-electron chi connectivity index (χ1n) is 9.25. The van der Waals surface area contributed by atoms with Crippen LogP contribution in [0.25, 0.3) is 0 Å². The van der Waals surface area contributed by atoms with Gasteiger partial charge < -0.3 is 19.3 Å². The lowest BCUT2D eigenvalue weighted by molar-refractivity contribution is -0.209. The van der Waals surface area contributed by atoms with E-state index in [4.69, 9.17) is 14.2 Å². The summed E-state index contributed by atoms with van der Waals surface area (Å²) >= 11 is 0. The summed E-state index contributed by atoms with van der Waals surface area (Å²) in [5.74, 6) is -2.29. The Labute approximate surface area is 153 Å². The zero-order chi connectivity index (χ0) is 19.1. The van der Waals surface area contributed by atoms with Crippen LogP contribution in [0.3, 0.4) is 0 Å². The van der Waals surface area contributed by atoms with Gasteiger partial charge in [-0.05, 0) is 27.2 Å². The third-order valence-electron chi connectivity index (χ3n) is 7.34. The zero-order valence-corrected chi connectivity index (χ0v) is 15.9. The Morgan fingerprint density at radius 3 is 2.77 bits per heavy atom. The van der Waals surface area contributed by atoms with Crippen LogP contribution in [0, 0.1) is 11.3 Å². The largest absolute Gasteiger partial charge is 0.459 e. The number of esters is 2. The maximum absolute atomic E-state index is 12.3. The van der Waals surface area contributed by atoms with E-state index in [1.54, 1.807) is 19.9 Å². The van der Waals surface area contributed by atoms with Crippen molar-refractivity contribution in [2.75, 3.05) is 0 Å². The summed E-state index contributed by atoms with van der Waals surface area (Å²) in [5, 5.41) is 10.9. The number of carbonyl (C=O) groups is 2. The summed E-state index contributed by atoms with van der Waals surface area (Å²) in [6.07, 6.45) is 2.73. The predicted molar refractivity (Wildman–Crippen MR) is 91.8 cm³/mol. The molecule has 2 aliphatic heterocycles. The monoisotopic (exact) mass is 362 g/mol. The minimum Gasteiger partial charge on any atom is -0.459 e. The first kappa shape index (κ1) is 17.7. The van der Waals surface area contributed by atoms with Crippen LogP contribution in [0.1, 0.15) is 53.9 Å². The predicted octanol–water partition coefficient (Wildman–Crippen LogP) is 2.40. The lowest BCUT2D eigenvalue weighted by Crippen LogP contribution is -2.59. The molecule has 26 heavy (non-hydrogen) atoms. The molecule has 4 aliphatic rings. The second-order valence-corrected chi connectivity index (χ2v) is 8.48. The third-order valence-corrected chi connectivity index (χ3v) is 7.34. The molecule has 1 spiro atoms. The van der Waals surface area contributed by atoms with Crippen LogP contribution in [-0.4, -0.2) is 40.6 Å². The Morgan fingerprint density at radius 1 is 1.42 bits per heavy atom. The Balaban J connectivity index is 1.66. The van der Waals surface area contributed by atoms with E-state index in [0.29, 0.717) is 29.6 Å². The summed E-state index contributed by atoms with van der Waals surface area (Å²) in [7, 11) is 0. The maximum Gasteiger partial charge on any atom is 0.336 e. The fourth-order valence-electron chi connectivity index (χ4n) is 5.18. The summed E-state index contributed by atoms with van der Waals surface area (Å²) in [6.45, 7) is 9.43. The number of hydrogen-bond donors (Lipinski definition) is 1. The van der Waals surface area contributed by atoms with E-state index in [9.17, 15) is 14.7 Å². The number of aliphatic hydroxyl groups is 1.